The number of fused-ring (bicyclic) bond motifs is 1. The summed E-state index contributed by atoms with van der Waals surface area (Å²) >= 11 is 1.37. The zero-order valence-corrected chi connectivity index (χ0v) is 21.4. The molecule has 0 saturated carbocycles. The molecule has 2 N–H and O–H groups in total. The van der Waals surface area contributed by atoms with Gasteiger partial charge in [-0.2, -0.15) is 0 Å². The van der Waals surface area contributed by atoms with Crippen LogP contribution in [-0.2, 0) is 4.79 Å². The Morgan fingerprint density at radius 3 is 2.28 bits per heavy atom. The van der Waals surface area contributed by atoms with Crippen LogP contribution in [0.5, 0.6) is 0 Å². The van der Waals surface area contributed by atoms with E-state index in [2.05, 4.69) is 10.6 Å². The Bertz CT molecular complexity index is 1670. The van der Waals surface area contributed by atoms with Crippen molar-refractivity contribution < 1.29 is 14.5 Å². The number of carbonyl (C=O) groups is 2. The van der Waals surface area contributed by atoms with E-state index in [4.69, 9.17) is 0 Å². The van der Waals surface area contributed by atoms with E-state index in [0.29, 0.717) is 5.69 Å². The molecular formula is C31H23N3O4S. The SMILES string of the molecule is O=C(Nc1cccc(SC(C(=O)Nc2cccc3ccccc23)c2ccccc2)c1)c1cccc([N+](=O)[O-])c1. The van der Waals surface area contributed by atoms with Gasteiger partial charge in [-0.3, -0.25) is 19.7 Å². The molecule has 0 bridgehead atoms. The average molecular weight is 534 g/mol. The number of nitro groups is 1. The third-order valence-corrected chi connectivity index (χ3v) is 7.30. The third kappa shape index (κ3) is 6.14. The molecule has 5 rings (SSSR count). The molecule has 0 aliphatic heterocycles. The normalized spacial score (nSPS) is 11.5. The summed E-state index contributed by atoms with van der Waals surface area (Å²) in [5.74, 6) is -0.636. The molecule has 5 aromatic rings. The first-order valence-corrected chi connectivity index (χ1v) is 13.0. The minimum atomic E-state index is -0.562. The molecule has 1 atom stereocenters. The second-order valence-corrected chi connectivity index (χ2v) is 9.89. The fourth-order valence-electron chi connectivity index (χ4n) is 4.18. The summed E-state index contributed by atoms with van der Waals surface area (Å²) in [5.41, 5.74) is 2.11. The van der Waals surface area contributed by atoms with Crippen molar-refractivity contribution >= 4 is 51.4 Å². The molecule has 0 aliphatic rings. The fraction of sp³-hybridized carbons (Fsp3) is 0.0323. The minimum Gasteiger partial charge on any atom is -0.324 e. The molecule has 8 heteroatoms. The second kappa shape index (κ2) is 11.6. The maximum atomic E-state index is 13.6. The van der Waals surface area contributed by atoms with Crippen LogP contribution in [0.25, 0.3) is 10.8 Å². The lowest BCUT2D eigenvalue weighted by atomic mass is 10.1. The number of carbonyl (C=O) groups excluding carboxylic acids is 2. The predicted molar refractivity (Wildman–Crippen MR) is 155 cm³/mol. The molecule has 0 heterocycles. The highest BCUT2D eigenvalue weighted by molar-refractivity contribution is 8.00. The van der Waals surface area contributed by atoms with E-state index in [1.165, 1.54) is 36.0 Å². The summed E-state index contributed by atoms with van der Waals surface area (Å²) < 4.78 is 0. The lowest BCUT2D eigenvalue weighted by Crippen LogP contribution is -2.19. The molecule has 192 valence electrons. The number of amides is 2. The Kier molecular flexibility index (Phi) is 7.65. The van der Waals surface area contributed by atoms with E-state index >= 15 is 0 Å². The van der Waals surface area contributed by atoms with Crippen LogP contribution in [0.1, 0.15) is 21.2 Å². The summed E-state index contributed by atoms with van der Waals surface area (Å²) in [6.07, 6.45) is 0. The lowest BCUT2D eigenvalue weighted by molar-refractivity contribution is -0.384. The van der Waals surface area contributed by atoms with Crippen molar-refractivity contribution in [1.29, 1.82) is 0 Å². The van der Waals surface area contributed by atoms with Crippen molar-refractivity contribution in [3.05, 3.63) is 143 Å². The standard InChI is InChI=1S/C31H23N3O4S/c35-30(23-13-6-15-25(19-23)34(37)38)32-24-14-8-16-26(20-24)39-29(22-10-2-1-3-11-22)31(36)33-28-18-7-12-21-9-4-5-17-27(21)28/h1-20,29H,(H,32,35)(H,33,36). The Hall–Kier alpha value is -4.95. The number of non-ortho nitro benzene ring substituents is 1. The van der Waals surface area contributed by atoms with Gasteiger partial charge in [0, 0.05) is 39.4 Å². The lowest BCUT2D eigenvalue weighted by Gasteiger charge is -2.18. The molecular weight excluding hydrogens is 510 g/mol. The number of thioether (sulfide) groups is 1. The van der Waals surface area contributed by atoms with Gasteiger partial charge in [0.25, 0.3) is 11.6 Å². The van der Waals surface area contributed by atoms with E-state index in [-0.39, 0.29) is 17.2 Å². The summed E-state index contributed by atoms with van der Waals surface area (Å²) in [6.45, 7) is 0. The fourth-order valence-corrected chi connectivity index (χ4v) is 5.26. The minimum absolute atomic E-state index is 0.158. The number of nitro benzene ring substituents is 1. The molecule has 0 saturated heterocycles. The second-order valence-electron chi connectivity index (χ2n) is 8.71. The van der Waals surface area contributed by atoms with Crippen molar-refractivity contribution in [1.82, 2.24) is 0 Å². The molecule has 39 heavy (non-hydrogen) atoms. The molecule has 0 aromatic heterocycles. The van der Waals surface area contributed by atoms with Gasteiger partial charge in [0.1, 0.15) is 5.25 Å². The highest BCUT2D eigenvalue weighted by Gasteiger charge is 2.23. The summed E-state index contributed by atoms with van der Waals surface area (Å²) in [6, 6.07) is 35.9. The van der Waals surface area contributed by atoms with Gasteiger partial charge in [-0.15, -0.1) is 11.8 Å². The van der Waals surface area contributed by atoms with Gasteiger partial charge in [-0.1, -0.05) is 78.9 Å². The van der Waals surface area contributed by atoms with Gasteiger partial charge in [-0.25, -0.2) is 0 Å². The zero-order chi connectivity index (χ0) is 27.2. The molecule has 2 amide bonds. The van der Waals surface area contributed by atoms with E-state index in [1.54, 1.807) is 18.2 Å². The van der Waals surface area contributed by atoms with Gasteiger partial charge >= 0.3 is 0 Å². The Morgan fingerprint density at radius 1 is 0.744 bits per heavy atom. The monoisotopic (exact) mass is 533 g/mol. The van der Waals surface area contributed by atoms with Crippen LogP contribution < -0.4 is 10.6 Å². The van der Waals surface area contributed by atoms with Crippen molar-refractivity contribution in [2.75, 3.05) is 10.6 Å². The molecule has 0 radical (unpaired) electrons. The smallest absolute Gasteiger partial charge is 0.270 e. The topological polar surface area (TPSA) is 101 Å². The van der Waals surface area contributed by atoms with Crippen LogP contribution in [0.3, 0.4) is 0 Å². The van der Waals surface area contributed by atoms with Crippen molar-refractivity contribution in [2.45, 2.75) is 10.1 Å². The number of nitrogens with zero attached hydrogens (tertiary/aromatic N) is 1. The molecule has 5 aromatic carbocycles. The number of anilines is 2. The zero-order valence-electron chi connectivity index (χ0n) is 20.6. The van der Waals surface area contributed by atoms with E-state index in [0.717, 1.165) is 26.9 Å². The van der Waals surface area contributed by atoms with Crippen LogP contribution in [0, 0.1) is 10.1 Å². The van der Waals surface area contributed by atoms with E-state index in [9.17, 15) is 19.7 Å². The quantitative estimate of drug-likeness (QED) is 0.122. The molecule has 1 unspecified atom stereocenters. The van der Waals surface area contributed by atoms with E-state index in [1.807, 2.05) is 78.9 Å². The Morgan fingerprint density at radius 2 is 1.46 bits per heavy atom. The number of benzene rings is 5. The maximum absolute atomic E-state index is 13.6. The van der Waals surface area contributed by atoms with E-state index < -0.39 is 16.1 Å². The van der Waals surface area contributed by atoms with Gasteiger partial charge in [0.2, 0.25) is 5.91 Å². The molecule has 0 spiro atoms. The predicted octanol–water partition coefficient (Wildman–Crippen LogP) is 7.47. The first-order chi connectivity index (χ1) is 19.0. The summed E-state index contributed by atoms with van der Waals surface area (Å²) in [7, 11) is 0. The Balaban J connectivity index is 1.38. The first kappa shape index (κ1) is 25.7. The number of nitrogens with one attached hydrogen (secondary N) is 2. The van der Waals surface area contributed by atoms with Crippen LogP contribution in [0.2, 0.25) is 0 Å². The molecule has 7 nitrogen and oxygen atoms in total. The highest BCUT2D eigenvalue weighted by atomic mass is 32.2. The van der Waals surface area contributed by atoms with Crippen molar-refractivity contribution in [3.63, 3.8) is 0 Å². The maximum Gasteiger partial charge on any atom is 0.270 e. The molecule has 0 aliphatic carbocycles. The number of rotatable bonds is 8. The van der Waals surface area contributed by atoms with Gasteiger partial charge < -0.3 is 10.6 Å². The van der Waals surface area contributed by atoms with Gasteiger partial charge in [-0.05, 0) is 41.3 Å². The van der Waals surface area contributed by atoms with Crippen LogP contribution in [0.15, 0.2) is 126 Å². The molecule has 0 fully saturated rings. The van der Waals surface area contributed by atoms with Gasteiger partial charge in [0.15, 0.2) is 0 Å². The van der Waals surface area contributed by atoms with Gasteiger partial charge in [0.05, 0.1) is 4.92 Å². The van der Waals surface area contributed by atoms with Crippen molar-refractivity contribution in [2.24, 2.45) is 0 Å². The average Bonchev–Trinajstić information content (AvgIpc) is 2.97. The first-order valence-electron chi connectivity index (χ1n) is 12.1. The summed E-state index contributed by atoms with van der Waals surface area (Å²) in [4.78, 5) is 37.7. The highest BCUT2D eigenvalue weighted by Crippen LogP contribution is 2.38. The van der Waals surface area contributed by atoms with Crippen LogP contribution in [0.4, 0.5) is 17.1 Å². The largest absolute Gasteiger partial charge is 0.324 e. The van der Waals surface area contributed by atoms with Crippen LogP contribution >= 0.6 is 11.8 Å². The Labute approximate surface area is 229 Å². The number of hydrogen-bond acceptors (Lipinski definition) is 5. The number of hydrogen-bond donors (Lipinski definition) is 2. The van der Waals surface area contributed by atoms with Crippen LogP contribution in [-0.4, -0.2) is 16.7 Å². The van der Waals surface area contributed by atoms with Crippen molar-refractivity contribution in [3.8, 4) is 0 Å². The summed E-state index contributed by atoms with van der Waals surface area (Å²) in [5, 5.41) is 18.4. The third-order valence-electron chi connectivity index (χ3n) is 6.05.